The van der Waals surface area contributed by atoms with Gasteiger partial charge in [-0.05, 0) is 72.1 Å². The van der Waals surface area contributed by atoms with Crippen LogP contribution in [0.4, 0.5) is 0 Å². The van der Waals surface area contributed by atoms with E-state index in [4.69, 9.17) is 9.47 Å². The Morgan fingerprint density at radius 1 is 0.833 bits per heavy atom. The van der Waals surface area contributed by atoms with Gasteiger partial charge in [-0.3, -0.25) is 14.5 Å². The number of ether oxygens (including phenoxy) is 2. The first-order chi connectivity index (χ1) is 14.4. The first kappa shape index (κ1) is 21.4. The lowest BCUT2D eigenvalue weighted by Gasteiger charge is -2.25. The minimum atomic E-state index is -0.325. The SMILES string of the molecule is CCCOc1ccc(Oc2ccc3cc(C(C)N(C(C)=O)C(C)=O)ccc3c2)cc1. The third kappa shape index (κ3) is 4.98. The second kappa shape index (κ2) is 9.44. The van der Waals surface area contributed by atoms with E-state index < -0.39 is 0 Å². The molecule has 156 valence electrons. The molecule has 30 heavy (non-hydrogen) atoms. The van der Waals surface area contributed by atoms with Crippen molar-refractivity contribution < 1.29 is 19.1 Å². The Bertz CT molecular complexity index is 1030. The lowest BCUT2D eigenvalue weighted by Crippen LogP contribution is -2.35. The molecule has 5 nitrogen and oxygen atoms in total. The first-order valence-electron chi connectivity index (χ1n) is 10.1. The number of hydrogen-bond acceptors (Lipinski definition) is 4. The average molecular weight is 405 g/mol. The van der Waals surface area contributed by atoms with Crippen molar-refractivity contribution in [2.75, 3.05) is 6.61 Å². The number of hydrogen-bond donors (Lipinski definition) is 0. The zero-order chi connectivity index (χ0) is 21.7. The zero-order valence-electron chi connectivity index (χ0n) is 17.8. The van der Waals surface area contributed by atoms with Crippen molar-refractivity contribution >= 4 is 22.6 Å². The largest absolute Gasteiger partial charge is 0.494 e. The number of fused-ring (bicyclic) bond motifs is 1. The molecule has 0 aromatic heterocycles. The van der Waals surface area contributed by atoms with Gasteiger partial charge in [0.05, 0.1) is 12.6 Å². The van der Waals surface area contributed by atoms with Crippen molar-refractivity contribution in [2.24, 2.45) is 0 Å². The molecule has 5 heteroatoms. The van der Waals surface area contributed by atoms with Crippen molar-refractivity contribution in [3.8, 4) is 17.2 Å². The molecule has 0 radical (unpaired) electrons. The van der Waals surface area contributed by atoms with E-state index in [2.05, 4.69) is 6.92 Å². The van der Waals surface area contributed by atoms with E-state index in [9.17, 15) is 9.59 Å². The van der Waals surface area contributed by atoms with Gasteiger partial charge in [0.2, 0.25) is 11.8 Å². The summed E-state index contributed by atoms with van der Waals surface area (Å²) >= 11 is 0. The molecule has 0 aliphatic rings. The van der Waals surface area contributed by atoms with Crippen LogP contribution in [-0.2, 0) is 9.59 Å². The Hall–Kier alpha value is -3.34. The highest BCUT2D eigenvalue weighted by atomic mass is 16.5. The van der Waals surface area contributed by atoms with Crippen molar-refractivity contribution in [3.05, 3.63) is 66.2 Å². The molecule has 1 unspecified atom stereocenters. The minimum Gasteiger partial charge on any atom is -0.494 e. The number of carbonyl (C=O) groups is 2. The maximum atomic E-state index is 11.8. The number of carbonyl (C=O) groups excluding carboxylic acids is 2. The van der Waals surface area contributed by atoms with Gasteiger partial charge in [0.25, 0.3) is 0 Å². The van der Waals surface area contributed by atoms with Gasteiger partial charge in [0.1, 0.15) is 17.2 Å². The summed E-state index contributed by atoms with van der Waals surface area (Å²) in [6, 6.07) is 19.0. The van der Waals surface area contributed by atoms with E-state index in [1.807, 2.05) is 67.6 Å². The maximum Gasteiger partial charge on any atom is 0.226 e. The summed E-state index contributed by atoms with van der Waals surface area (Å²) < 4.78 is 11.6. The Morgan fingerprint density at radius 2 is 1.40 bits per heavy atom. The number of nitrogens with zero attached hydrogens (tertiary/aromatic N) is 1. The van der Waals surface area contributed by atoms with Gasteiger partial charge in [-0.15, -0.1) is 0 Å². The van der Waals surface area contributed by atoms with Gasteiger partial charge in [0.15, 0.2) is 0 Å². The standard InChI is InChI=1S/C25H27NO4/c1-5-14-29-23-10-12-24(13-11-23)30-25-9-8-21-15-20(6-7-22(21)16-25)17(2)26(18(3)27)19(4)28/h6-13,15-17H,5,14H2,1-4H3. The molecule has 0 bridgehead atoms. The summed E-state index contributed by atoms with van der Waals surface area (Å²) in [6.07, 6.45) is 0.970. The van der Waals surface area contributed by atoms with Crippen LogP contribution in [-0.4, -0.2) is 23.3 Å². The van der Waals surface area contributed by atoms with Crippen LogP contribution in [0.25, 0.3) is 10.8 Å². The van der Waals surface area contributed by atoms with Gasteiger partial charge in [-0.1, -0.05) is 25.1 Å². The molecule has 0 spiro atoms. The quantitative estimate of drug-likeness (QED) is 0.493. The summed E-state index contributed by atoms with van der Waals surface area (Å²) in [5, 5.41) is 2.03. The van der Waals surface area contributed by atoms with Crippen molar-refractivity contribution in [1.82, 2.24) is 4.90 Å². The van der Waals surface area contributed by atoms with Crippen LogP contribution in [0.1, 0.15) is 45.7 Å². The van der Waals surface area contributed by atoms with Gasteiger partial charge in [0, 0.05) is 13.8 Å². The van der Waals surface area contributed by atoms with Crippen LogP contribution in [0, 0.1) is 0 Å². The second-order valence-corrected chi connectivity index (χ2v) is 7.27. The van der Waals surface area contributed by atoms with Crippen LogP contribution >= 0.6 is 0 Å². The maximum absolute atomic E-state index is 11.8. The molecule has 0 saturated carbocycles. The molecule has 0 aliphatic heterocycles. The zero-order valence-corrected chi connectivity index (χ0v) is 17.8. The van der Waals surface area contributed by atoms with E-state index in [1.54, 1.807) is 0 Å². The smallest absolute Gasteiger partial charge is 0.226 e. The molecule has 3 aromatic carbocycles. The summed E-state index contributed by atoms with van der Waals surface area (Å²) in [4.78, 5) is 24.9. The summed E-state index contributed by atoms with van der Waals surface area (Å²) in [5.74, 6) is 1.78. The molecule has 0 heterocycles. The van der Waals surface area contributed by atoms with Crippen LogP contribution in [0.2, 0.25) is 0 Å². The molecule has 0 fully saturated rings. The van der Waals surface area contributed by atoms with Crippen LogP contribution < -0.4 is 9.47 Å². The van der Waals surface area contributed by atoms with E-state index in [1.165, 1.54) is 18.7 Å². The van der Waals surface area contributed by atoms with Gasteiger partial charge in [-0.25, -0.2) is 0 Å². The molecule has 2 amide bonds. The van der Waals surface area contributed by atoms with Crippen LogP contribution in [0.3, 0.4) is 0 Å². The predicted octanol–water partition coefficient (Wildman–Crippen LogP) is 5.88. The highest BCUT2D eigenvalue weighted by Crippen LogP contribution is 2.30. The third-order valence-corrected chi connectivity index (χ3v) is 4.92. The fraction of sp³-hybridized carbons (Fsp3) is 0.280. The van der Waals surface area contributed by atoms with Crippen molar-refractivity contribution in [1.29, 1.82) is 0 Å². The highest BCUT2D eigenvalue weighted by molar-refractivity contribution is 5.93. The summed E-state index contributed by atoms with van der Waals surface area (Å²) in [5.41, 5.74) is 0.907. The number of benzene rings is 3. The highest BCUT2D eigenvalue weighted by Gasteiger charge is 2.22. The van der Waals surface area contributed by atoms with Gasteiger partial charge < -0.3 is 9.47 Å². The second-order valence-electron chi connectivity index (χ2n) is 7.27. The monoisotopic (exact) mass is 405 g/mol. The first-order valence-corrected chi connectivity index (χ1v) is 10.1. The van der Waals surface area contributed by atoms with Crippen LogP contribution in [0.5, 0.6) is 17.2 Å². The van der Waals surface area contributed by atoms with Crippen LogP contribution in [0.15, 0.2) is 60.7 Å². The molecule has 0 N–H and O–H groups in total. The fourth-order valence-electron chi connectivity index (χ4n) is 3.44. The van der Waals surface area contributed by atoms with E-state index in [-0.39, 0.29) is 17.9 Å². The third-order valence-electron chi connectivity index (χ3n) is 4.92. The summed E-state index contributed by atoms with van der Waals surface area (Å²) in [6.45, 7) is 7.44. The van der Waals surface area contributed by atoms with E-state index in [0.29, 0.717) is 6.61 Å². The molecule has 3 aromatic rings. The van der Waals surface area contributed by atoms with E-state index in [0.717, 1.165) is 40.0 Å². The number of rotatable bonds is 7. The molecule has 0 aliphatic carbocycles. The Morgan fingerprint density at radius 3 is 2.03 bits per heavy atom. The normalized spacial score (nSPS) is 11.7. The lowest BCUT2D eigenvalue weighted by molar-refractivity contribution is -0.144. The molecule has 1 atom stereocenters. The van der Waals surface area contributed by atoms with Crippen molar-refractivity contribution in [3.63, 3.8) is 0 Å². The molecule has 0 saturated heterocycles. The predicted molar refractivity (Wildman–Crippen MR) is 118 cm³/mol. The Kier molecular flexibility index (Phi) is 6.72. The van der Waals surface area contributed by atoms with Crippen molar-refractivity contribution in [2.45, 2.75) is 40.2 Å². The molecular formula is C25H27NO4. The topological polar surface area (TPSA) is 55.8 Å². The number of imide groups is 1. The van der Waals surface area contributed by atoms with Gasteiger partial charge >= 0.3 is 0 Å². The Balaban J connectivity index is 1.78. The molecule has 3 rings (SSSR count). The van der Waals surface area contributed by atoms with E-state index >= 15 is 0 Å². The summed E-state index contributed by atoms with van der Waals surface area (Å²) in [7, 11) is 0. The average Bonchev–Trinajstić information content (AvgIpc) is 2.72. The Labute approximate surface area is 177 Å². The lowest BCUT2D eigenvalue weighted by atomic mass is 10.0. The fourth-order valence-corrected chi connectivity index (χ4v) is 3.44. The van der Waals surface area contributed by atoms with Gasteiger partial charge in [-0.2, -0.15) is 0 Å². The minimum absolute atomic E-state index is 0.259. The number of amides is 2. The molecular weight excluding hydrogens is 378 g/mol.